The lowest BCUT2D eigenvalue weighted by molar-refractivity contribution is -0.134. The molecule has 10 heteroatoms. The first-order chi connectivity index (χ1) is 14.9. The summed E-state index contributed by atoms with van der Waals surface area (Å²) in [6.45, 7) is 7.00. The molecule has 10 nitrogen and oxygen atoms in total. The number of morpholine rings is 1. The van der Waals surface area contributed by atoms with Crippen LogP contribution in [0.15, 0.2) is 41.4 Å². The van der Waals surface area contributed by atoms with Crippen LogP contribution >= 0.6 is 0 Å². The molecule has 0 aromatic heterocycles. The predicted octanol–water partition coefficient (Wildman–Crippen LogP) is 1.12. The van der Waals surface area contributed by atoms with E-state index in [0.29, 0.717) is 12.2 Å². The van der Waals surface area contributed by atoms with E-state index < -0.39 is 11.9 Å². The largest absolute Gasteiger partial charge is 0.478 e. The molecule has 2 heterocycles. The van der Waals surface area contributed by atoms with Crippen molar-refractivity contribution in [1.29, 1.82) is 0 Å². The van der Waals surface area contributed by atoms with E-state index >= 15 is 0 Å². The highest BCUT2D eigenvalue weighted by molar-refractivity contribution is 5.89. The van der Waals surface area contributed by atoms with Gasteiger partial charge in [-0.1, -0.05) is 12.1 Å². The van der Waals surface area contributed by atoms with Crippen molar-refractivity contribution in [2.24, 2.45) is 4.99 Å². The number of guanidine groups is 1. The van der Waals surface area contributed by atoms with E-state index in [2.05, 4.69) is 46.0 Å². The normalized spacial score (nSPS) is 17.7. The van der Waals surface area contributed by atoms with E-state index in [4.69, 9.17) is 24.7 Å². The highest BCUT2D eigenvalue weighted by Gasteiger charge is 2.24. The molecule has 1 aromatic carbocycles. The summed E-state index contributed by atoms with van der Waals surface area (Å²) in [6, 6.07) is 8.38. The van der Waals surface area contributed by atoms with Gasteiger partial charge in [-0.25, -0.2) is 14.6 Å². The molecule has 3 rings (SSSR count). The van der Waals surface area contributed by atoms with E-state index in [0.717, 1.165) is 64.2 Å². The molecule has 0 saturated carbocycles. The number of likely N-dealkylation sites (N-methyl/N-ethyl adjacent to an activating group) is 1. The van der Waals surface area contributed by atoms with Gasteiger partial charge in [0.15, 0.2) is 0 Å². The molecular weight excluding hydrogens is 404 g/mol. The Kier molecular flexibility index (Phi) is 9.79. The Bertz CT molecular complexity index is 776. The molecule has 0 unspecified atom stereocenters. The van der Waals surface area contributed by atoms with Crippen LogP contribution in [-0.4, -0.2) is 105 Å². The van der Waals surface area contributed by atoms with Gasteiger partial charge in [-0.05, 0) is 12.1 Å². The Labute approximate surface area is 182 Å². The molecule has 0 bridgehead atoms. The minimum absolute atomic E-state index is 0.558. The van der Waals surface area contributed by atoms with Gasteiger partial charge < -0.3 is 34.4 Å². The number of methoxy groups -OCH3 is 1. The lowest BCUT2D eigenvalue weighted by atomic mass is 10.2. The molecule has 2 aliphatic rings. The number of hydrogen-bond donors (Lipinski definition) is 2. The first-order valence-electron chi connectivity index (χ1n) is 10.0. The number of aliphatic imine (C=N–C) groups is 1. The number of rotatable bonds is 7. The molecule has 1 aromatic rings. The standard InChI is InChI=1S/C17H26N4O2.C4H4O4/c1-19-7-8-21(9-12-22-2)17(19)18-15-5-3-4-6-16(15)20-10-13-23-14-11-20;5-3(6)1-2-4(7)8/h3-6H,7-14H2,1-2H3;1-2H,(H,5,6)(H,7,8)/b;2-1+. The predicted molar refractivity (Wildman–Crippen MR) is 117 cm³/mol. The van der Waals surface area contributed by atoms with Gasteiger partial charge in [0.25, 0.3) is 0 Å². The maximum absolute atomic E-state index is 9.55. The van der Waals surface area contributed by atoms with Crippen molar-refractivity contribution in [3.63, 3.8) is 0 Å². The summed E-state index contributed by atoms with van der Waals surface area (Å²) in [7, 11) is 3.84. The number of nitrogens with zero attached hydrogens (tertiary/aromatic N) is 4. The van der Waals surface area contributed by atoms with Gasteiger partial charge in [-0.15, -0.1) is 0 Å². The number of carbonyl (C=O) groups is 2. The second-order valence-electron chi connectivity index (χ2n) is 6.91. The number of benzene rings is 1. The van der Waals surface area contributed by atoms with E-state index in [9.17, 15) is 9.59 Å². The Hall–Kier alpha value is -3.11. The number of carboxylic acid groups (broad SMARTS) is 2. The van der Waals surface area contributed by atoms with Crippen LogP contribution < -0.4 is 4.90 Å². The molecule has 2 saturated heterocycles. The maximum Gasteiger partial charge on any atom is 0.328 e. The molecule has 31 heavy (non-hydrogen) atoms. The molecule has 0 spiro atoms. The fraction of sp³-hybridized carbons (Fsp3) is 0.476. The van der Waals surface area contributed by atoms with Gasteiger partial charge in [-0.3, -0.25) is 0 Å². The zero-order valence-corrected chi connectivity index (χ0v) is 17.9. The van der Waals surface area contributed by atoms with Crippen LogP contribution in [0.3, 0.4) is 0 Å². The third kappa shape index (κ3) is 7.91. The van der Waals surface area contributed by atoms with Gasteiger partial charge in [0.05, 0.1) is 31.2 Å². The molecule has 2 N–H and O–H groups in total. The van der Waals surface area contributed by atoms with Gasteiger partial charge in [0.1, 0.15) is 0 Å². The number of hydrogen-bond acceptors (Lipinski definition) is 6. The number of aliphatic carboxylic acids is 2. The van der Waals surface area contributed by atoms with Crippen molar-refractivity contribution < 1.29 is 29.3 Å². The number of ether oxygens (including phenoxy) is 2. The van der Waals surface area contributed by atoms with Crippen molar-refractivity contribution in [1.82, 2.24) is 9.80 Å². The van der Waals surface area contributed by atoms with E-state index in [1.54, 1.807) is 7.11 Å². The number of para-hydroxylation sites is 2. The average molecular weight is 434 g/mol. The number of anilines is 1. The van der Waals surface area contributed by atoms with Crippen molar-refractivity contribution in [3.05, 3.63) is 36.4 Å². The van der Waals surface area contributed by atoms with Crippen molar-refractivity contribution in [3.8, 4) is 0 Å². The Morgan fingerprint density at radius 1 is 1.10 bits per heavy atom. The third-order valence-electron chi connectivity index (χ3n) is 4.72. The molecule has 0 atom stereocenters. The van der Waals surface area contributed by atoms with E-state index in [-0.39, 0.29) is 0 Å². The molecule has 0 amide bonds. The molecule has 2 aliphatic heterocycles. The van der Waals surface area contributed by atoms with E-state index in [1.807, 2.05) is 0 Å². The van der Waals surface area contributed by atoms with Gasteiger partial charge >= 0.3 is 11.9 Å². The zero-order chi connectivity index (χ0) is 22.6. The highest BCUT2D eigenvalue weighted by atomic mass is 16.5. The van der Waals surface area contributed by atoms with Crippen molar-refractivity contribution in [2.75, 3.05) is 71.6 Å². The minimum Gasteiger partial charge on any atom is -0.478 e. The second-order valence-corrected chi connectivity index (χ2v) is 6.91. The minimum atomic E-state index is -1.26. The van der Waals surface area contributed by atoms with Crippen molar-refractivity contribution >= 4 is 29.3 Å². The molecule has 170 valence electrons. The fourth-order valence-corrected chi connectivity index (χ4v) is 3.16. The fourth-order valence-electron chi connectivity index (χ4n) is 3.16. The lowest BCUT2D eigenvalue weighted by Crippen LogP contribution is -2.36. The first kappa shape index (κ1) is 24.2. The van der Waals surface area contributed by atoms with Crippen LogP contribution in [0.1, 0.15) is 0 Å². The quantitative estimate of drug-likeness (QED) is 0.609. The van der Waals surface area contributed by atoms with E-state index in [1.165, 1.54) is 5.69 Å². The van der Waals surface area contributed by atoms with Crippen molar-refractivity contribution in [2.45, 2.75) is 0 Å². The zero-order valence-electron chi connectivity index (χ0n) is 17.9. The summed E-state index contributed by atoms with van der Waals surface area (Å²) >= 11 is 0. The SMILES string of the molecule is COCCN1CCN(C)C1=Nc1ccccc1N1CCOCC1.O=C(O)/C=C/C(=O)O. The summed E-state index contributed by atoms with van der Waals surface area (Å²) < 4.78 is 10.7. The van der Waals surface area contributed by atoms with Crippen LogP contribution in [0.2, 0.25) is 0 Å². The monoisotopic (exact) mass is 434 g/mol. The molecular formula is C21H30N4O6. The number of carboxylic acids is 2. The second kappa shape index (κ2) is 12.6. The van der Waals surface area contributed by atoms with Gasteiger partial charge in [0, 0.05) is 59.0 Å². The van der Waals surface area contributed by atoms with Crippen LogP contribution in [0.4, 0.5) is 11.4 Å². The third-order valence-corrected chi connectivity index (χ3v) is 4.72. The average Bonchev–Trinajstić information content (AvgIpc) is 3.11. The molecule has 0 radical (unpaired) electrons. The highest BCUT2D eigenvalue weighted by Crippen LogP contribution is 2.30. The lowest BCUT2D eigenvalue weighted by Gasteiger charge is -2.30. The maximum atomic E-state index is 9.55. The Morgan fingerprint density at radius 2 is 1.74 bits per heavy atom. The van der Waals surface area contributed by atoms with Crippen LogP contribution in [-0.2, 0) is 19.1 Å². The smallest absolute Gasteiger partial charge is 0.328 e. The Balaban J connectivity index is 0.000000366. The summed E-state index contributed by atoms with van der Waals surface area (Å²) in [5.41, 5.74) is 2.22. The first-order valence-corrected chi connectivity index (χ1v) is 10.0. The summed E-state index contributed by atoms with van der Waals surface area (Å²) in [4.78, 5) is 31.0. The van der Waals surface area contributed by atoms with Crippen LogP contribution in [0.5, 0.6) is 0 Å². The van der Waals surface area contributed by atoms with Gasteiger partial charge in [0.2, 0.25) is 5.96 Å². The summed E-state index contributed by atoms with van der Waals surface area (Å²) in [6.07, 6.45) is 1.12. The molecule has 2 fully saturated rings. The van der Waals surface area contributed by atoms with Gasteiger partial charge in [-0.2, -0.15) is 0 Å². The Morgan fingerprint density at radius 3 is 2.35 bits per heavy atom. The van der Waals surface area contributed by atoms with Crippen LogP contribution in [0.25, 0.3) is 0 Å². The summed E-state index contributed by atoms with van der Waals surface area (Å²) in [5.74, 6) is -1.48. The summed E-state index contributed by atoms with van der Waals surface area (Å²) in [5, 5.41) is 15.6. The molecule has 0 aliphatic carbocycles. The topological polar surface area (TPSA) is 115 Å². The van der Waals surface area contributed by atoms with Crippen LogP contribution in [0, 0.1) is 0 Å².